The van der Waals surface area contributed by atoms with Crippen LogP contribution in [-0.2, 0) is 0 Å². The maximum absolute atomic E-state index is 8.83. The molecule has 0 aliphatic rings. The van der Waals surface area contributed by atoms with Crippen LogP contribution in [0.5, 0.6) is 0 Å². The molecule has 0 aliphatic carbocycles. The SMILES string of the molecule is N#Cc1cc(N)ccc1C=CCCCl. The zero-order chi connectivity index (χ0) is 10.4. The van der Waals surface area contributed by atoms with Gasteiger partial charge >= 0.3 is 0 Å². The topological polar surface area (TPSA) is 49.8 Å². The van der Waals surface area contributed by atoms with Gasteiger partial charge in [0.2, 0.25) is 0 Å². The molecule has 2 N–H and O–H groups in total. The lowest BCUT2D eigenvalue weighted by Gasteiger charge is -1.98. The van der Waals surface area contributed by atoms with E-state index in [1.165, 1.54) is 0 Å². The van der Waals surface area contributed by atoms with Crippen LogP contribution in [0.3, 0.4) is 0 Å². The van der Waals surface area contributed by atoms with Crippen LogP contribution < -0.4 is 5.73 Å². The number of hydrogen-bond donors (Lipinski definition) is 1. The fraction of sp³-hybridized carbons (Fsp3) is 0.182. The van der Waals surface area contributed by atoms with Crippen LogP contribution in [0.2, 0.25) is 0 Å². The number of hydrogen-bond acceptors (Lipinski definition) is 2. The molecule has 0 aromatic heterocycles. The Bertz CT molecular complexity index is 377. The van der Waals surface area contributed by atoms with E-state index in [2.05, 4.69) is 6.07 Å². The lowest BCUT2D eigenvalue weighted by Crippen LogP contribution is -1.88. The summed E-state index contributed by atoms with van der Waals surface area (Å²) in [5, 5.41) is 8.83. The van der Waals surface area contributed by atoms with E-state index >= 15 is 0 Å². The van der Waals surface area contributed by atoms with Crippen molar-refractivity contribution in [2.45, 2.75) is 6.42 Å². The number of nitrogens with zero attached hydrogens (tertiary/aromatic N) is 1. The molecule has 0 saturated carbocycles. The Balaban J connectivity index is 2.92. The van der Waals surface area contributed by atoms with E-state index in [9.17, 15) is 0 Å². The summed E-state index contributed by atoms with van der Waals surface area (Å²) >= 11 is 5.53. The summed E-state index contributed by atoms with van der Waals surface area (Å²) in [7, 11) is 0. The first kappa shape index (κ1) is 10.6. The maximum atomic E-state index is 8.83. The van der Waals surface area contributed by atoms with E-state index in [4.69, 9.17) is 22.6 Å². The van der Waals surface area contributed by atoms with Crippen LogP contribution >= 0.6 is 11.6 Å². The van der Waals surface area contributed by atoms with Gasteiger partial charge in [-0.2, -0.15) is 5.26 Å². The highest BCUT2D eigenvalue weighted by Crippen LogP contribution is 2.14. The van der Waals surface area contributed by atoms with Crippen LogP contribution in [0, 0.1) is 11.3 Å². The third kappa shape index (κ3) is 2.79. The first-order valence-electron chi connectivity index (χ1n) is 4.30. The first-order valence-corrected chi connectivity index (χ1v) is 4.83. The molecule has 1 rings (SSSR count). The summed E-state index contributed by atoms with van der Waals surface area (Å²) < 4.78 is 0. The second kappa shape index (κ2) is 5.31. The van der Waals surface area contributed by atoms with Gasteiger partial charge in [-0.15, -0.1) is 11.6 Å². The monoisotopic (exact) mass is 206 g/mol. The van der Waals surface area contributed by atoms with Crippen molar-refractivity contribution in [2.24, 2.45) is 0 Å². The third-order valence-electron chi connectivity index (χ3n) is 1.77. The highest BCUT2D eigenvalue weighted by molar-refractivity contribution is 6.17. The van der Waals surface area contributed by atoms with Crippen LogP contribution in [0.25, 0.3) is 6.08 Å². The molecule has 0 aliphatic heterocycles. The predicted molar refractivity (Wildman–Crippen MR) is 59.9 cm³/mol. The van der Waals surface area contributed by atoms with E-state index in [1.807, 2.05) is 18.2 Å². The van der Waals surface area contributed by atoms with Crippen LogP contribution in [0.1, 0.15) is 17.5 Å². The van der Waals surface area contributed by atoms with Crippen LogP contribution in [0.4, 0.5) is 5.69 Å². The molecule has 0 atom stereocenters. The van der Waals surface area contributed by atoms with E-state index in [1.54, 1.807) is 12.1 Å². The Morgan fingerprint density at radius 3 is 2.93 bits per heavy atom. The molecule has 0 unspecified atom stereocenters. The van der Waals surface area contributed by atoms with Crippen molar-refractivity contribution in [3.8, 4) is 6.07 Å². The molecule has 3 heteroatoms. The Labute approximate surface area is 88.6 Å². The minimum absolute atomic E-state index is 0.591. The van der Waals surface area contributed by atoms with Gasteiger partial charge in [0.25, 0.3) is 0 Å². The highest BCUT2D eigenvalue weighted by Gasteiger charge is 1.97. The fourth-order valence-electron chi connectivity index (χ4n) is 1.09. The Hall–Kier alpha value is -1.46. The van der Waals surface area contributed by atoms with Crippen molar-refractivity contribution < 1.29 is 0 Å². The van der Waals surface area contributed by atoms with Gasteiger partial charge in [-0.3, -0.25) is 0 Å². The van der Waals surface area contributed by atoms with Crippen molar-refractivity contribution in [3.05, 3.63) is 35.4 Å². The largest absolute Gasteiger partial charge is 0.399 e. The lowest BCUT2D eigenvalue weighted by molar-refractivity contribution is 1.24. The predicted octanol–water partition coefficient (Wildman–Crippen LogP) is 2.78. The van der Waals surface area contributed by atoms with Gasteiger partial charge in [-0.25, -0.2) is 0 Å². The molecule has 1 aromatic rings. The van der Waals surface area contributed by atoms with E-state index in [0.717, 1.165) is 12.0 Å². The molecular formula is C11H11ClN2. The molecule has 0 fully saturated rings. The van der Waals surface area contributed by atoms with Crippen molar-refractivity contribution in [1.29, 1.82) is 5.26 Å². The molecule has 72 valence electrons. The maximum Gasteiger partial charge on any atom is 0.0998 e. The summed E-state index contributed by atoms with van der Waals surface area (Å²) in [5.74, 6) is 0.591. The molecule has 0 radical (unpaired) electrons. The van der Waals surface area contributed by atoms with E-state index in [-0.39, 0.29) is 0 Å². The van der Waals surface area contributed by atoms with Gasteiger partial charge in [0, 0.05) is 11.6 Å². The minimum atomic E-state index is 0.591. The second-order valence-electron chi connectivity index (χ2n) is 2.84. The summed E-state index contributed by atoms with van der Waals surface area (Å²) in [5.41, 5.74) is 7.64. The van der Waals surface area contributed by atoms with Crippen LogP contribution in [0.15, 0.2) is 24.3 Å². The number of nitrogen functional groups attached to an aromatic ring is 1. The average Bonchev–Trinajstić information content (AvgIpc) is 2.20. The molecule has 0 heterocycles. The number of halogens is 1. The smallest absolute Gasteiger partial charge is 0.0998 e. The molecule has 0 saturated heterocycles. The van der Waals surface area contributed by atoms with Gasteiger partial charge in [-0.1, -0.05) is 18.2 Å². The van der Waals surface area contributed by atoms with Crippen LogP contribution in [-0.4, -0.2) is 5.88 Å². The fourth-order valence-corrected chi connectivity index (χ4v) is 1.22. The van der Waals surface area contributed by atoms with E-state index < -0.39 is 0 Å². The zero-order valence-electron chi connectivity index (χ0n) is 7.70. The molecule has 14 heavy (non-hydrogen) atoms. The Kier molecular flexibility index (Phi) is 4.03. The standard InChI is InChI=1S/C11H11ClN2/c12-6-2-1-3-9-4-5-11(14)7-10(9)8-13/h1,3-5,7H,2,6,14H2. The van der Waals surface area contributed by atoms with Crippen molar-refractivity contribution >= 4 is 23.4 Å². The van der Waals surface area contributed by atoms with Crippen molar-refractivity contribution in [1.82, 2.24) is 0 Å². The number of anilines is 1. The number of allylic oxidation sites excluding steroid dienone is 1. The molecule has 0 spiro atoms. The quantitative estimate of drug-likeness (QED) is 0.611. The summed E-state index contributed by atoms with van der Waals surface area (Å²) in [6.07, 6.45) is 4.64. The number of rotatable bonds is 3. The number of alkyl halides is 1. The number of nitriles is 1. The summed E-state index contributed by atoms with van der Waals surface area (Å²) in [6, 6.07) is 7.38. The van der Waals surface area contributed by atoms with Crippen molar-refractivity contribution in [2.75, 3.05) is 11.6 Å². The number of benzene rings is 1. The van der Waals surface area contributed by atoms with Crippen molar-refractivity contribution in [3.63, 3.8) is 0 Å². The molecule has 1 aromatic carbocycles. The van der Waals surface area contributed by atoms with Gasteiger partial charge in [0.05, 0.1) is 11.6 Å². The Morgan fingerprint density at radius 1 is 1.50 bits per heavy atom. The first-order chi connectivity index (χ1) is 6.77. The molecule has 0 bridgehead atoms. The van der Waals surface area contributed by atoms with Gasteiger partial charge in [0.15, 0.2) is 0 Å². The van der Waals surface area contributed by atoms with Gasteiger partial charge < -0.3 is 5.73 Å². The summed E-state index contributed by atoms with van der Waals surface area (Å²) in [6.45, 7) is 0. The third-order valence-corrected chi connectivity index (χ3v) is 1.99. The molecular weight excluding hydrogens is 196 g/mol. The zero-order valence-corrected chi connectivity index (χ0v) is 8.46. The van der Waals surface area contributed by atoms with Gasteiger partial charge in [-0.05, 0) is 24.1 Å². The number of nitrogens with two attached hydrogens (primary N) is 1. The van der Waals surface area contributed by atoms with Gasteiger partial charge in [0.1, 0.15) is 0 Å². The molecule has 0 amide bonds. The highest BCUT2D eigenvalue weighted by atomic mass is 35.5. The summed E-state index contributed by atoms with van der Waals surface area (Å²) in [4.78, 5) is 0. The lowest BCUT2D eigenvalue weighted by atomic mass is 10.1. The average molecular weight is 207 g/mol. The normalized spacial score (nSPS) is 10.3. The Morgan fingerprint density at radius 2 is 2.29 bits per heavy atom. The van der Waals surface area contributed by atoms with E-state index in [0.29, 0.717) is 17.1 Å². The minimum Gasteiger partial charge on any atom is -0.399 e. The second-order valence-corrected chi connectivity index (χ2v) is 3.22. The molecule has 2 nitrogen and oxygen atoms in total.